The van der Waals surface area contributed by atoms with Gasteiger partial charge in [-0.3, -0.25) is 9.55 Å². The van der Waals surface area contributed by atoms with Crippen LogP contribution in [-0.2, 0) is 5.41 Å². The molecule has 9 aromatic rings. The maximum atomic E-state index is 4.94. The second kappa shape index (κ2) is 9.26. The quantitative estimate of drug-likeness (QED) is 0.191. The minimum atomic E-state index is 0.0217. The first kappa shape index (κ1) is 26.0. The molecule has 4 heterocycles. The van der Waals surface area contributed by atoms with Gasteiger partial charge in [0.25, 0.3) is 0 Å². The highest BCUT2D eigenvalue weighted by molar-refractivity contribution is 6.18. The van der Waals surface area contributed by atoms with Crippen LogP contribution in [0.2, 0.25) is 0 Å². The zero-order valence-corrected chi connectivity index (χ0v) is 25.8. The Bertz CT molecular complexity index is 2650. The van der Waals surface area contributed by atoms with Gasteiger partial charge in [-0.15, -0.1) is 0 Å². The Hall–Kier alpha value is -5.48. The Morgan fingerprint density at radius 1 is 0.511 bits per heavy atom. The molecule has 9 rings (SSSR count). The number of pyridine rings is 2. The van der Waals surface area contributed by atoms with E-state index in [1.165, 1.54) is 59.9 Å². The molecule has 0 amide bonds. The fourth-order valence-electron chi connectivity index (χ4n) is 7.32. The van der Waals surface area contributed by atoms with Crippen LogP contribution in [0.5, 0.6) is 0 Å². The minimum absolute atomic E-state index is 0.0217. The van der Waals surface area contributed by atoms with Crippen molar-refractivity contribution in [2.75, 3.05) is 0 Å². The van der Waals surface area contributed by atoms with E-state index in [1.54, 1.807) is 0 Å². The van der Waals surface area contributed by atoms with Crippen LogP contribution in [0, 0.1) is 6.92 Å². The Labute approximate surface area is 261 Å². The number of para-hydroxylation sites is 2. The average molecular weight is 581 g/mol. The van der Waals surface area contributed by atoms with Crippen LogP contribution < -0.4 is 0 Å². The Morgan fingerprint density at radius 2 is 1.18 bits per heavy atom. The van der Waals surface area contributed by atoms with Crippen molar-refractivity contribution in [3.05, 3.63) is 133 Å². The molecule has 4 heteroatoms. The number of aryl methyl sites for hydroxylation is 1. The highest BCUT2D eigenvalue weighted by Gasteiger charge is 2.20. The monoisotopic (exact) mass is 580 g/mol. The molecule has 45 heavy (non-hydrogen) atoms. The fraction of sp³-hybridized carbons (Fsp3) is 0.122. The second-order valence-electron chi connectivity index (χ2n) is 13.3. The van der Waals surface area contributed by atoms with Crippen LogP contribution in [0.25, 0.3) is 76.8 Å². The van der Waals surface area contributed by atoms with E-state index < -0.39 is 0 Å². The molecule has 5 aromatic carbocycles. The van der Waals surface area contributed by atoms with E-state index >= 15 is 0 Å². The van der Waals surface area contributed by atoms with Crippen molar-refractivity contribution in [2.45, 2.75) is 33.1 Å². The van der Waals surface area contributed by atoms with Gasteiger partial charge in [0.2, 0.25) is 0 Å². The zero-order valence-electron chi connectivity index (χ0n) is 25.8. The molecular formula is C41H32N4. The molecular weight excluding hydrogens is 548 g/mol. The maximum Gasteiger partial charge on any atom is 0.137 e. The number of hydrogen-bond donors (Lipinski definition) is 0. The van der Waals surface area contributed by atoms with E-state index in [0.29, 0.717) is 0 Å². The summed E-state index contributed by atoms with van der Waals surface area (Å²) in [5.74, 6) is 0.929. The summed E-state index contributed by atoms with van der Waals surface area (Å²) < 4.78 is 4.72. The molecule has 0 saturated heterocycles. The summed E-state index contributed by atoms with van der Waals surface area (Å²) in [5, 5.41) is 8.52. The van der Waals surface area contributed by atoms with Crippen molar-refractivity contribution in [3.8, 4) is 11.5 Å². The van der Waals surface area contributed by atoms with Crippen molar-refractivity contribution in [1.29, 1.82) is 0 Å². The Kier molecular flexibility index (Phi) is 5.34. The first-order valence-electron chi connectivity index (χ1n) is 15.6. The van der Waals surface area contributed by atoms with Crippen molar-refractivity contribution in [2.24, 2.45) is 0 Å². The number of benzene rings is 5. The Morgan fingerprint density at radius 3 is 1.96 bits per heavy atom. The van der Waals surface area contributed by atoms with E-state index in [9.17, 15) is 0 Å². The zero-order chi connectivity index (χ0) is 30.4. The van der Waals surface area contributed by atoms with Gasteiger partial charge in [0.05, 0.1) is 27.6 Å². The number of hydrogen-bond acceptors (Lipinski definition) is 2. The van der Waals surface area contributed by atoms with Crippen molar-refractivity contribution < 1.29 is 0 Å². The SMILES string of the molecule is Cc1ccnc(-n2c3ccccc3c3ccc(-n4c5ccccc5c5cc6ccc7c(C(C)(C)C)ccnc7c6cc54)cc32)c1. The van der Waals surface area contributed by atoms with Gasteiger partial charge in [0.15, 0.2) is 0 Å². The van der Waals surface area contributed by atoms with E-state index in [4.69, 9.17) is 9.97 Å². The molecule has 0 spiro atoms. The predicted octanol–water partition coefficient (Wildman–Crippen LogP) is 10.6. The molecule has 4 aromatic heterocycles. The van der Waals surface area contributed by atoms with Crippen molar-refractivity contribution >= 4 is 65.3 Å². The van der Waals surface area contributed by atoms with Gasteiger partial charge in [-0.05, 0) is 83.4 Å². The molecule has 0 saturated carbocycles. The standard InChI is InChI=1S/C41H32N4/c1-25-17-19-42-39(21-25)45-36-12-8-5-9-28(36)30-16-14-27(23-37(30)45)44-35-11-7-6-10-29(35)33-22-26-13-15-31-34(41(2,3)4)18-20-43-40(31)32(26)24-38(33)44/h5-24H,1-4H3. The van der Waals surface area contributed by atoms with Gasteiger partial charge in [-0.1, -0.05) is 75.4 Å². The summed E-state index contributed by atoms with van der Waals surface area (Å²) in [6, 6.07) is 39.8. The second-order valence-corrected chi connectivity index (χ2v) is 13.3. The normalized spacial score (nSPS) is 12.4. The topological polar surface area (TPSA) is 35.6 Å². The molecule has 0 atom stereocenters. The van der Waals surface area contributed by atoms with Gasteiger partial charge in [0.1, 0.15) is 5.82 Å². The van der Waals surface area contributed by atoms with Crippen LogP contribution in [0.3, 0.4) is 0 Å². The third-order valence-corrected chi connectivity index (χ3v) is 9.37. The number of rotatable bonds is 2. The maximum absolute atomic E-state index is 4.94. The lowest BCUT2D eigenvalue weighted by molar-refractivity contribution is 0.595. The van der Waals surface area contributed by atoms with Gasteiger partial charge in [0, 0.05) is 50.4 Å². The summed E-state index contributed by atoms with van der Waals surface area (Å²) in [5.41, 5.74) is 9.36. The van der Waals surface area contributed by atoms with Crippen LogP contribution >= 0.6 is 0 Å². The lowest BCUT2D eigenvalue weighted by Crippen LogP contribution is -2.11. The molecule has 216 valence electrons. The van der Waals surface area contributed by atoms with E-state index in [2.05, 4.69) is 140 Å². The van der Waals surface area contributed by atoms with E-state index in [0.717, 1.165) is 28.1 Å². The van der Waals surface area contributed by atoms with Crippen LogP contribution in [0.1, 0.15) is 31.9 Å². The largest absolute Gasteiger partial charge is 0.309 e. The minimum Gasteiger partial charge on any atom is -0.309 e. The van der Waals surface area contributed by atoms with Gasteiger partial charge in [-0.2, -0.15) is 0 Å². The average Bonchev–Trinajstić information content (AvgIpc) is 3.55. The van der Waals surface area contributed by atoms with E-state index in [1.807, 2.05) is 18.5 Å². The molecule has 0 unspecified atom stereocenters. The first-order valence-corrected chi connectivity index (χ1v) is 15.6. The smallest absolute Gasteiger partial charge is 0.137 e. The molecule has 0 N–H and O–H groups in total. The summed E-state index contributed by atoms with van der Waals surface area (Å²) in [6.07, 6.45) is 3.87. The van der Waals surface area contributed by atoms with Crippen LogP contribution in [0.15, 0.2) is 122 Å². The third-order valence-electron chi connectivity index (χ3n) is 9.37. The van der Waals surface area contributed by atoms with Crippen molar-refractivity contribution in [3.63, 3.8) is 0 Å². The summed E-state index contributed by atoms with van der Waals surface area (Å²) in [6.45, 7) is 8.94. The number of nitrogens with zero attached hydrogens (tertiary/aromatic N) is 4. The molecule has 0 aliphatic heterocycles. The molecule has 0 aliphatic carbocycles. The fourth-order valence-corrected chi connectivity index (χ4v) is 7.32. The molecule has 0 aliphatic rings. The van der Waals surface area contributed by atoms with Gasteiger partial charge in [-0.25, -0.2) is 4.98 Å². The molecule has 0 bridgehead atoms. The lowest BCUT2D eigenvalue weighted by Gasteiger charge is -2.21. The number of fused-ring (bicyclic) bond motifs is 9. The highest BCUT2D eigenvalue weighted by atomic mass is 15.1. The van der Waals surface area contributed by atoms with Crippen molar-refractivity contribution in [1.82, 2.24) is 19.1 Å². The first-order chi connectivity index (χ1) is 21.9. The molecule has 0 radical (unpaired) electrons. The van der Waals surface area contributed by atoms with Crippen LogP contribution in [0.4, 0.5) is 0 Å². The van der Waals surface area contributed by atoms with E-state index in [-0.39, 0.29) is 5.41 Å². The number of aromatic nitrogens is 4. The summed E-state index contributed by atoms with van der Waals surface area (Å²) >= 11 is 0. The third kappa shape index (κ3) is 3.78. The lowest BCUT2D eigenvalue weighted by atomic mass is 9.84. The highest BCUT2D eigenvalue weighted by Crippen LogP contribution is 2.40. The Balaban J connectivity index is 1.39. The van der Waals surface area contributed by atoms with Gasteiger partial charge < -0.3 is 4.57 Å². The molecule has 0 fully saturated rings. The van der Waals surface area contributed by atoms with Gasteiger partial charge >= 0.3 is 0 Å². The predicted molar refractivity (Wildman–Crippen MR) is 189 cm³/mol. The summed E-state index contributed by atoms with van der Waals surface area (Å²) in [4.78, 5) is 9.76. The van der Waals surface area contributed by atoms with Crippen LogP contribution in [-0.4, -0.2) is 19.1 Å². The molecule has 4 nitrogen and oxygen atoms in total. The summed E-state index contributed by atoms with van der Waals surface area (Å²) in [7, 11) is 0.